The van der Waals surface area contributed by atoms with E-state index in [-0.39, 0.29) is 17.3 Å². The van der Waals surface area contributed by atoms with Gasteiger partial charge >= 0.3 is 6.09 Å². The fourth-order valence-electron chi connectivity index (χ4n) is 3.59. The van der Waals surface area contributed by atoms with E-state index in [2.05, 4.69) is 24.0 Å². The molecule has 1 aromatic carbocycles. The van der Waals surface area contributed by atoms with Crippen molar-refractivity contribution in [2.75, 3.05) is 13.1 Å². The fraction of sp³-hybridized carbons (Fsp3) is 0.474. The van der Waals surface area contributed by atoms with Crippen LogP contribution in [0.4, 0.5) is 4.79 Å². The van der Waals surface area contributed by atoms with Gasteiger partial charge in [-0.2, -0.15) is 0 Å². The van der Waals surface area contributed by atoms with Crippen molar-refractivity contribution in [3.8, 4) is 0 Å². The van der Waals surface area contributed by atoms with Crippen LogP contribution in [0.15, 0.2) is 36.6 Å². The lowest BCUT2D eigenvalue weighted by Crippen LogP contribution is -2.51. The van der Waals surface area contributed by atoms with E-state index >= 15 is 0 Å². The van der Waals surface area contributed by atoms with Gasteiger partial charge in [0.1, 0.15) is 6.04 Å². The zero-order valence-electron chi connectivity index (χ0n) is 14.7. The van der Waals surface area contributed by atoms with Gasteiger partial charge in [0, 0.05) is 13.1 Å². The second kappa shape index (κ2) is 6.88. The lowest BCUT2D eigenvalue weighted by molar-refractivity contribution is -0.140. The molecular weight excluding hydrogens is 320 g/mol. The van der Waals surface area contributed by atoms with Gasteiger partial charge in [-0.3, -0.25) is 4.79 Å². The first-order chi connectivity index (χ1) is 11.9. The zero-order valence-corrected chi connectivity index (χ0v) is 14.7. The molecule has 3 rings (SSSR count). The van der Waals surface area contributed by atoms with E-state index in [0.29, 0.717) is 19.7 Å². The van der Waals surface area contributed by atoms with Crippen molar-refractivity contribution < 1.29 is 19.1 Å². The first-order valence-corrected chi connectivity index (χ1v) is 8.56. The molecule has 1 saturated heterocycles. The number of rotatable bonds is 3. The number of hydrogen-bond acceptors (Lipinski definition) is 4. The summed E-state index contributed by atoms with van der Waals surface area (Å²) in [5.41, 5.74) is 2.21. The second-order valence-electron chi connectivity index (χ2n) is 6.72. The highest BCUT2D eigenvalue weighted by Crippen LogP contribution is 2.43. The molecule has 1 fully saturated rings. The highest BCUT2D eigenvalue weighted by Gasteiger charge is 2.43. The van der Waals surface area contributed by atoms with Crippen LogP contribution >= 0.6 is 0 Å². The highest BCUT2D eigenvalue weighted by atomic mass is 16.6. The number of carbonyl (C=O) groups excluding carboxylic acids is 2. The van der Waals surface area contributed by atoms with E-state index in [1.54, 1.807) is 18.7 Å². The van der Waals surface area contributed by atoms with Crippen LogP contribution in [0.3, 0.4) is 0 Å². The molecule has 0 aliphatic carbocycles. The number of alkyl carbamates (subject to hydrolysis) is 1. The van der Waals surface area contributed by atoms with Crippen molar-refractivity contribution in [3.63, 3.8) is 0 Å². The fourth-order valence-corrected chi connectivity index (χ4v) is 3.59. The average molecular weight is 344 g/mol. The minimum atomic E-state index is -0.658. The molecule has 1 N–H and O–H groups in total. The molecule has 0 saturated carbocycles. The van der Waals surface area contributed by atoms with E-state index in [1.165, 1.54) is 11.1 Å². The van der Waals surface area contributed by atoms with Crippen LogP contribution in [0.2, 0.25) is 0 Å². The van der Waals surface area contributed by atoms with Crippen LogP contribution in [-0.4, -0.2) is 36.0 Å². The van der Waals surface area contributed by atoms with Crippen molar-refractivity contribution in [2.45, 2.75) is 44.9 Å². The van der Waals surface area contributed by atoms with Gasteiger partial charge in [-0.05, 0) is 37.8 Å². The Morgan fingerprint density at radius 1 is 1.32 bits per heavy atom. The summed E-state index contributed by atoms with van der Waals surface area (Å²) in [6.45, 7) is 8.59. The van der Waals surface area contributed by atoms with Crippen LogP contribution < -0.4 is 5.32 Å². The molecular formula is C19H24N2O4. The SMILES string of the molecule is C=C(C)OC(=O)N[C@H](C)C(=O)N1CCC2(CC1)OCc1ccccc12. The number of carbonyl (C=O) groups is 2. The molecule has 1 spiro atoms. The predicted molar refractivity (Wildman–Crippen MR) is 92.6 cm³/mol. The molecule has 1 atom stereocenters. The molecule has 2 heterocycles. The zero-order chi connectivity index (χ0) is 18.0. The van der Waals surface area contributed by atoms with Crippen LogP contribution in [0.25, 0.3) is 0 Å². The minimum Gasteiger partial charge on any atom is -0.416 e. The predicted octanol–water partition coefficient (Wildman–Crippen LogP) is 2.68. The van der Waals surface area contributed by atoms with Crippen LogP contribution in [-0.2, 0) is 26.5 Å². The maximum Gasteiger partial charge on any atom is 0.412 e. The van der Waals surface area contributed by atoms with Crippen molar-refractivity contribution in [1.82, 2.24) is 10.2 Å². The molecule has 0 bridgehead atoms. The molecule has 25 heavy (non-hydrogen) atoms. The number of hydrogen-bond donors (Lipinski definition) is 1. The number of nitrogens with one attached hydrogen (secondary N) is 1. The summed E-state index contributed by atoms with van der Waals surface area (Å²) in [6.07, 6.45) is 0.868. The number of ether oxygens (including phenoxy) is 2. The van der Waals surface area contributed by atoms with E-state index in [9.17, 15) is 9.59 Å². The van der Waals surface area contributed by atoms with Crippen LogP contribution in [0.5, 0.6) is 0 Å². The third-order valence-corrected chi connectivity index (χ3v) is 4.87. The van der Waals surface area contributed by atoms with Gasteiger partial charge < -0.3 is 19.7 Å². The van der Waals surface area contributed by atoms with E-state index < -0.39 is 12.1 Å². The van der Waals surface area contributed by atoms with Crippen molar-refractivity contribution in [3.05, 3.63) is 47.7 Å². The average Bonchev–Trinajstić information content (AvgIpc) is 2.93. The Bertz CT molecular complexity index is 692. The number of fused-ring (bicyclic) bond motifs is 2. The maximum atomic E-state index is 12.6. The summed E-state index contributed by atoms with van der Waals surface area (Å²) < 4.78 is 10.9. The minimum absolute atomic E-state index is 0.111. The largest absolute Gasteiger partial charge is 0.416 e. The van der Waals surface area contributed by atoms with Gasteiger partial charge in [0.05, 0.1) is 18.0 Å². The number of benzene rings is 1. The lowest BCUT2D eigenvalue weighted by atomic mass is 9.83. The normalized spacial score (nSPS) is 19.2. The molecule has 2 aliphatic rings. The summed E-state index contributed by atoms with van der Waals surface area (Å²) in [4.78, 5) is 25.9. The summed E-state index contributed by atoms with van der Waals surface area (Å²) in [5.74, 6) is 0.175. The molecule has 2 aliphatic heterocycles. The third kappa shape index (κ3) is 3.54. The Hall–Kier alpha value is -2.34. The number of likely N-dealkylation sites (tertiary alicyclic amines) is 1. The first-order valence-electron chi connectivity index (χ1n) is 8.56. The Balaban J connectivity index is 1.58. The molecule has 0 unspecified atom stereocenters. The summed E-state index contributed by atoms with van der Waals surface area (Å²) in [7, 11) is 0. The summed E-state index contributed by atoms with van der Waals surface area (Å²) in [5, 5.41) is 2.54. The van der Waals surface area contributed by atoms with Crippen LogP contribution in [0.1, 0.15) is 37.8 Å². The van der Waals surface area contributed by atoms with Crippen molar-refractivity contribution >= 4 is 12.0 Å². The second-order valence-corrected chi connectivity index (χ2v) is 6.72. The summed E-state index contributed by atoms with van der Waals surface area (Å²) >= 11 is 0. The van der Waals surface area contributed by atoms with E-state index in [4.69, 9.17) is 9.47 Å². The van der Waals surface area contributed by atoms with Gasteiger partial charge in [-0.1, -0.05) is 30.8 Å². The highest BCUT2D eigenvalue weighted by molar-refractivity contribution is 5.85. The van der Waals surface area contributed by atoms with Crippen molar-refractivity contribution in [2.24, 2.45) is 0 Å². The standard InChI is InChI=1S/C19H24N2O4/c1-13(2)25-18(23)20-14(3)17(22)21-10-8-19(9-11-21)16-7-5-4-6-15(16)12-24-19/h4-7,14H,1,8-12H2,2-3H3,(H,20,23)/t14-/m1/s1. The maximum absolute atomic E-state index is 12.6. The molecule has 0 radical (unpaired) electrons. The Morgan fingerprint density at radius 2 is 2.00 bits per heavy atom. The number of amides is 2. The molecule has 134 valence electrons. The van der Waals surface area contributed by atoms with Gasteiger partial charge in [0.25, 0.3) is 0 Å². The Morgan fingerprint density at radius 3 is 2.68 bits per heavy atom. The molecule has 6 heteroatoms. The number of piperidine rings is 1. The molecule has 1 aromatic rings. The summed E-state index contributed by atoms with van der Waals surface area (Å²) in [6, 6.07) is 7.64. The smallest absolute Gasteiger partial charge is 0.412 e. The lowest BCUT2D eigenvalue weighted by Gasteiger charge is -2.40. The number of allylic oxidation sites excluding steroid dienone is 1. The van der Waals surface area contributed by atoms with Crippen LogP contribution in [0, 0.1) is 0 Å². The number of nitrogens with zero attached hydrogens (tertiary/aromatic N) is 1. The van der Waals surface area contributed by atoms with Gasteiger partial charge in [-0.15, -0.1) is 0 Å². The Kier molecular flexibility index (Phi) is 4.81. The monoisotopic (exact) mass is 344 g/mol. The third-order valence-electron chi connectivity index (χ3n) is 4.87. The van der Waals surface area contributed by atoms with E-state index in [1.807, 2.05) is 12.1 Å². The molecule has 6 nitrogen and oxygen atoms in total. The van der Waals surface area contributed by atoms with Gasteiger partial charge in [0.2, 0.25) is 5.91 Å². The molecule has 2 amide bonds. The van der Waals surface area contributed by atoms with Gasteiger partial charge in [0.15, 0.2) is 0 Å². The van der Waals surface area contributed by atoms with Crippen molar-refractivity contribution in [1.29, 1.82) is 0 Å². The quantitative estimate of drug-likeness (QED) is 0.856. The van der Waals surface area contributed by atoms with Gasteiger partial charge in [-0.25, -0.2) is 4.79 Å². The Labute approximate surface area is 147 Å². The van der Waals surface area contributed by atoms with E-state index in [0.717, 1.165) is 12.8 Å². The topological polar surface area (TPSA) is 67.9 Å². The first kappa shape index (κ1) is 17.5. The molecule has 0 aromatic heterocycles.